The van der Waals surface area contributed by atoms with Crippen molar-refractivity contribution < 1.29 is 26.7 Å². The van der Waals surface area contributed by atoms with E-state index in [0.29, 0.717) is 42.2 Å². The van der Waals surface area contributed by atoms with Crippen LogP contribution in [0.2, 0.25) is 5.28 Å². The number of ether oxygens (including phenoxy) is 1. The Kier molecular flexibility index (Phi) is 8.46. The largest absolute Gasteiger partial charge is 0.416 e. The van der Waals surface area contributed by atoms with Gasteiger partial charge in [-0.15, -0.1) is 0 Å². The molecule has 3 aliphatic rings. The first-order valence-electron chi connectivity index (χ1n) is 13.8. The van der Waals surface area contributed by atoms with Crippen LogP contribution in [0.25, 0.3) is 11.2 Å². The summed E-state index contributed by atoms with van der Waals surface area (Å²) in [5.74, 6) is -1.69. The summed E-state index contributed by atoms with van der Waals surface area (Å²) in [5.41, 5.74) is 1.13. The molecule has 41 heavy (non-hydrogen) atoms. The predicted molar refractivity (Wildman–Crippen MR) is 146 cm³/mol. The van der Waals surface area contributed by atoms with E-state index >= 15 is 0 Å². The second kappa shape index (κ2) is 11.6. The zero-order valence-corrected chi connectivity index (χ0v) is 24.0. The number of fused-ring (bicyclic) bond motifs is 1. The van der Waals surface area contributed by atoms with Gasteiger partial charge in [-0.25, -0.2) is 13.8 Å². The highest BCUT2D eigenvalue weighted by atomic mass is 35.5. The fourth-order valence-corrected chi connectivity index (χ4v) is 6.13. The van der Waals surface area contributed by atoms with Crippen molar-refractivity contribution >= 4 is 28.6 Å². The number of nitrogens with zero attached hydrogens (tertiary/aromatic N) is 6. The van der Waals surface area contributed by atoms with Crippen LogP contribution in [0.15, 0.2) is 24.3 Å². The van der Waals surface area contributed by atoms with Gasteiger partial charge in [0, 0.05) is 64.8 Å². The van der Waals surface area contributed by atoms with Gasteiger partial charge in [0.1, 0.15) is 5.82 Å². The molecule has 224 valence electrons. The third-order valence-corrected chi connectivity index (χ3v) is 8.37. The standard InChI is InChI=1S/C24H26ClF5N6.C4H8O/c1-13-12-35(8-9-36(13)21-18-20(32-22(25)33-21)34(3)14(2)31-18)19(16-10-23(26,27)11-16)15-4-6-17(7-5-15)24(28,29)30;1-2-4-5-3-1/h4-7,13,16,19H,8-12H2,1-3H3;1-4H2. The third-order valence-electron chi connectivity index (χ3n) is 8.20. The summed E-state index contributed by atoms with van der Waals surface area (Å²) >= 11 is 6.22. The zero-order chi connectivity index (χ0) is 29.5. The molecule has 0 bridgehead atoms. The van der Waals surface area contributed by atoms with Crippen LogP contribution < -0.4 is 4.90 Å². The average molecular weight is 601 g/mol. The maximum Gasteiger partial charge on any atom is 0.416 e. The van der Waals surface area contributed by atoms with Crippen molar-refractivity contribution in [2.75, 3.05) is 37.7 Å². The number of halogens is 6. The van der Waals surface area contributed by atoms with Crippen molar-refractivity contribution in [2.24, 2.45) is 13.0 Å². The molecule has 0 amide bonds. The predicted octanol–water partition coefficient (Wildman–Crippen LogP) is 6.44. The van der Waals surface area contributed by atoms with Gasteiger partial charge < -0.3 is 14.2 Å². The van der Waals surface area contributed by atoms with Gasteiger partial charge in [0.05, 0.1) is 5.56 Å². The first-order chi connectivity index (χ1) is 19.3. The topological polar surface area (TPSA) is 59.3 Å². The molecule has 1 aliphatic carbocycles. The highest BCUT2D eigenvalue weighted by Gasteiger charge is 2.50. The SMILES string of the molecule is C1CCOC1.Cc1nc2c(N3CCN(C(c4ccc(C(F)(F)F)cc4)C4CC(F)(F)C4)CC3C)nc(Cl)nc2n1C. The molecule has 3 aromatic rings. The van der Waals surface area contributed by atoms with Crippen LogP contribution in [-0.2, 0) is 18.0 Å². The number of rotatable bonds is 4. The van der Waals surface area contributed by atoms with E-state index in [0.717, 1.165) is 31.2 Å². The number of hydrogen-bond donors (Lipinski definition) is 0. The van der Waals surface area contributed by atoms with E-state index in [1.807, 2.05) is 25.5 Å². The van der Waals surface area contributed by atoms with Gasteiger partial charge in [0.25, 0.3) is 0 Å². The minimum absolute atomic E-state index is 0.0761. The number of aromatic nitrogens is 4. The van der Waals surface area contributed by atoms with Crippen LogP contribution in [0.3, 0.4) is 0 Å². The molecular weight excluding hydrogens is 567 g/mol. The van der Waals surface area contributed by atoms with Crippen LogP contribution in [-0.4, -0.2) is 69.2 Å². The van der Waals surface area contributed by atoms with Crippen molar-refractivity contribution in [1.29, 1.82) is 0 Å². The molecule has 0 N–H and O–H groups in total. The molecule has 2 atom stereocenters. The molecule has 13 heteroatoms. The fourth-order valence-electron chi connectivity index (χ4n) is 5.97. The summed E-state index contributed by atoms with van der Waals surface area (Å²) in [6, 6.07) is 4.43. The normalized spacial score (nSPS) is 22.4. The molecule has 1 aromatic carbocycles. The Hall–Kier alpha value is -2.57. The molecule has 4 heterocycles. The third kappa shape index (κ3) is 6.44. The Morgan fingerprint density at radius 2 is 1.68 bits per heavy atom. The van der Waals surface area contributed by atoms with Crippen molar-refractivity contribution in [3.05, 3.63) is 46.5 Å². The molecule has 1 saturated carbocycles. The second-order valence-corrected chi connectivity index (χ2v) is 11.5. The number of benzene rings is 1. The van der Waals surface area contributed by atoms with E-state index < -0.39 is 23.7 Å². The van der Waals surface area contributed by atoms with E-state index in [9.17, 15) is 22.0 Å². The number of aryl methyl sites for hydroxylation is 2. The van der Waals surface area contributed by atoms with Crippen LogP contribution in [0.1, 0.15) is 55.6 Å². The van der Waals surface area contributed by atoms with Crippen LogP contribution in [0.4, 0.5) is 27.8 Å². The monoisotopic (exact) mass is 600 g/mol. The average Bonchev–Trinajstić information content (AvgIpc) is 3.56. The van der Waals surface area contributed by atoms with Crippen LogP contribution >= 0.6 is 11.6 Å². The minimum atomic E-state index is -4.45. The molecule has 2 aliphatic heterocycles. The molecule has 6 rings (SSSR count). The van der Waals surface area contributed by atoms with Crippen LogP contribution in [0.5, 0.6) is 0 Å². The van der Waals surface area contributed by atoms with E-state index in [1.165, 1.54) is 25.0 Å². The van der Waals surface area contributed by atoms with E-state index in [1.54, 1.807) is 0 Å². The Labute approximate surface area is 240 Å². The van der Waals surface area contributed by atoms with Crippen molar-refractivity contribution in [2.45, 2.75) is 63.7 Å². The van der Waals surface area contributed by atoms with Crippen molar-refractivity contribution in [1.82, 2.24) is 24.4 Å². The summed E-state index contributed by atoms with van der Waals surface area (Å²) in [6.45, 7) is 7.43. The lowest BCUT2D eigenvalue weighted by Crippen LogP contribution is -2.56. The molecule has 2 aromatic heterocycles. The van der Waals surface area contributed by atoms with Gasteiger partial charge in [-0.1, -0.05) is 12.1 Å². The van der Waals surface area contributed by atoms with Gasteiger partial charge >= 0.3 is 6.18 Å². The second-order valence-electron chi connectivity index (χ2n) is 11.2. The maximum absolute atomic E-state index is 13.8. The number of alkyl halides is 5. The minimum Gasteiger partial charge on any atom is -0.381 e. The lowest BCUT2D eigenvalue weighted by atomic mass is 9.73. The maximum atomic E-state index is 13.8. The van der Waals surface area contributed by atoms with E-state index in [-0.39, 0.29) is 30.1 Å². The molecule has 2 saturated heterocycles. The number of anilines is 1. The number of hydrogen-bond acceptors (Lipinski definition) is 6. The smallest absolute Gasteiger partial charge is 0.381 e. The summed E-state index contributed by atoms with van der Waals surface area (Å²) in [7, 11) is 1.85. The number of imidazole rings is 1. The molecule has 0 spiro atoms. The molecule has 0 radical (unpaired) electrons. The Morgan fingerprint density at radius 3 is 2.22 bits per heavy atom. The van der Waals surface area contributed by atoms with Gasteiger partial charge in [-0.3, -0.25) is 4.90 Å². The lowest BCUT2D eigenvalue weighted by molar-refractivity contribution is -0.137. The van der Waals surface area contributed by atoms with Gasteiger partial charge in [-0.05, 0) is 61.9 Å². The first-order valence-corrected chi connectivity index (χ1v) is 14.2. The summed E-state index contributed by atoms with van der Waals surface area (Å²) in [4.78, 5) is 17.6. The van der Waals surface area contributed by atoms with Gasteiger partial charge in [0.15, 0.2) is 17.0 Å². The zero-order valence-electron chi connectivity index (χ0n) is 23.3. The fraction of sp³-hybridized carbons (Fsp3) is 0.607. The quantitative estimate of drug-likeness (QED) is 0.254. The Bertz CT molecular complexity index is 1350. The van der Waals surface area contributed by atoms with Crippen molar-refractivity contribution in [3.63, 3.8) is 0 Å². The molecule has 3 fully saturated rings. The highest BCUT2D eigenvalue weighted by Crippen LogP contribution is 2.51. The molecule has 7 nitrogen and oxygen atoms in total. The van der Waals surface area contributed by atoms with Crippen LogP contribution in [0, 0.1) is 12.8 Å². The molecular formula is C28H34ClF5N6O. The van der Waals surface area contributed by atoms with Crippen molar-refractivity contribution in [3.8, 4) is 0 Å². The summed E-state index contributed by atoms with van der Waals surface area (Å²) < 4.78 is 73.7. The molecule has 2 unspecified atom stereocenters. The number of piperazine rings is 1. The lowest BCUT2D eigenvalue weighted by Gasteiger charge is -2.49. The first kappa shape index (κ1) is 29.9. The summed E-state index contributed by atoms with van der Waals surface area (Å²) in [6.07, 6.45) is -2.45. The Morgan fingerprint density at radius 1 is 1.02 bits per heavy atom. The van der Waals surface area contributed by atoms with E-state index in [4.69, 9.17) is 16.3 Å². The highest BCUT2D eigenvalue weighted by molar-refractivity contribution is 6.28. The summed E-state index contributed by atoms with van der Waals surface area (Å²) in [5, 5.41) is 0.106. The van der Waals surface area contributed by atoms with Gasteiger partial charge in [0.2, 0.25) is 11.2 Å². The van der Waals surface area contributed by atoms with E-state index in [2.05, 4.69) is 24.8 Å². The Balaban J connectivity index is 0.000000610. The van der Waals surface area contributed by atoms with Gasteiger partial charge in [-0.2, -0.15) is 23.1 Å².